The molecule has 4 rings (SSSR count). The maximum atomic E-state index is 12.0. The molecule has 0 unspecified atom stereocenters. The molecule has 1 saturated heterocycles. The van der Waals surface area contributed by atoms with Crippen LogP contribution in [0.15, 0.2) is 48.7 Å². The van der Waals surface area contributed by atoms with Gasteiger partial charge in [-0.05, 0) is 31.2 Å². The van der Waals surface area contributed by atoms with E-state index < -0.39 is 0 Å². The quantitative estimate of drug-likeness (QED) is 0.641. The van der Waals surface area contributed by atoms with Crippen LogP contribution < -0.4 is 16.0 Å². The van der Waals surface area contributed by atoms with Crippen LogP contribution in [0, 0.1) is 0 Å². The maximum absolute atomic E-state index is 12.0. The van der Waals surface area contributed by atoms with Crippen molar-refractivity contribution in [2.24, 2.45) is 0 Å². The molecule has 1 aliphatic rings. The van der Waals surface area contributed by atoms with Gasteiger partial charge in [0.1, 0.15) is 11.6 Å². The van der Waals surface area contributed by atoms with Gasteiger partial charge in [-0.3, -0.25) is 4.79 Å². The van der Waals surface area contributed by atoms with Crippen LogP contribution in [0.3, 0.4) is 0 Å². The fourth-order valence-electron chi connectivity index (χ4n) is 3.15. The maximum Gasteiger partial charge on any atom is 0.228 e. The van der Waals surface area contributed by atoms with Gasteiger partial charge in [0.2, 0.25) is 5.95 Å². The molecule has 1 aromatic carbocycles. The van der Waals surface area contributed by atoms with Gasteiger partial charge in [-0.2, -0.15) is 4.98 Å². The third-order valence-corrected chi connectivity index (χ3v) is 4.66. The predicted octanol–water partition coefficient (Wildman–Crippen LogP) is 2.90. The lowest BCUT2D eigenvalue weighted by molar-refractivity contribution is 0.101. The summed E-state index contributed by atoms with van der Waals surface area (Å²) in [6, 6.07) is 12.8. The number of ether oxygens (including phenoxy) is 1. The van der Waals surface area contributed by atoms with Gasteiger partial charge in [-0.15, -0.1) is 0 Å². The van der Waals surface area contributed by atoms with Crippen molar-refractivity contribution in [1.82, 2.24) is 15.0 Å². The second-order valence-corrected chi connectivity index (χ2v) is 6.74. The van der Waals surface area contributed by atoms with Crippen molar-refractivity contribution in [3.8, 4) is 11.3 Å². The number of nitrogens with zero attached hydrogens (tertiary/aromatic N) is 4. The summed E-state index contributed by atoms with van der Waals surface area (Å²) in [5.41, 5.74) is 8.58. The van der Waals surface area contributed by atoms with Gasteiger partial charge in [-0.1, -0.05) is 12.1 Å². The number of aromatic nitrogens is 3. The standard InChI is InChI=1S/C21H22N6O2/c1-14(28)16-4-2-3-5-17(16)24-20-12-18(15-6-7-19(22)23-13-15)25-21(26-20)27-8-10-29-11-9-27/h2-7,12-13H,8-11H2,1H3,(H2,22,23)(H,24,25,26). The molecule has 1 fully saturated rings. The smallest absolute Gasteiger partial charge is 0.228 e. The first kappa shape index (κ1) is 18.8. The highest BCUT2D eigenvalue weighted by atomic mass is 16.5. The second-order valence-electron chi connectivity index (χ2n) is 6.74. The number of hydrogen-bond acceptors (Lipinski definition) is 8. The topological polar surface area (TPSA) is 106 Å². The number of carbonyl (C=O) groups excluding carboxylic acids is 1. The zero-order chi connectivity index (χ0) is 20.2. The van der Waals surface area contributed by atoms with E-state index in [1.54, 1.807) is 25.3 Å². The molecule has 3 heterocycles. The number of hydrogen-bond donors (Lipinski definition) is 2. The molecule has 0 aliphatic carbocycles. The first-order valence-electron chi connectivity index (χ1n) is 9.41. The number of pyridine rings is 1. The van der Waals surface area contributed by atoms with Crippen LogP contribution in [-0.4, -0.2) is 47.0 Å². The number of carbonyl (C=O) groups is 1. The van der Waals surface area contributed by atoms with Gasteiger partial charge < -0.3 is 20.7 Å². The Morgan fingerprint density at radius 3 is 2.66 bits per heavy atom. The van der Waals surface area contributed by atoms with Gasteiger partial charge in [0.15, 0.2) is 5.78 Å². The van der Waals surface area contributed by atoms with Crippen molar-refractivity contribution in [1.29, 1.82) is 0 Å². The molecular weight excluding hydrogens is 368 g/mol. The SMILES string of the molecule is CC(=O)c1ccccc1Nc1cc(-c2ccc(N)nc2)nc(N2CCOCC2)n1. The van der Waals surface area contributed by atoms with Gasteiger partial charge >= 0.3 is 0 Å². The summed E-state index contributed by atoms with van der Waals surface area (Å²) in [4.78, 5) is 27.6. The average Bonchev–Trinajstić information content (AvgIpc) is 2.75. The molecular formula is C21H22N6O2. The van der Waals surface area contributed by atoms with Crippen molar-refractivity contribution in [3.05, 3.63) is 54.2 Å². The predicted molar refractivity (Wildman–Crippen MR) is 112 cm³/mol. The van der Waals surface area contributed by atoms with Crippen LogP contribution in [0.4, 0.5) is 23.3 Å². The molecule has 8 heteroatoms. The van der Waals surface area contributed by atoms with Crippen LogP contribution in [0.1, 0.15) is 17.3 Å². The Bertz CT molecular complexity index is 1020. The number of benzene rings is 1. The van der Waals surface area contributed by atoms with E-state index in [2.05, 4.69) is 20.2 Å². The molecule has 3 N–H and O–H groups in total. The first-order valence-corrected chi connectivity index (χ1v) is 9.41. The summed E-state index contributed by atoms with van der Waals surface area (Å²) in [6.07, 6.45) is 1.69. The zero-order valence-electron chi connectivity index (χ0n) is 16.1. The Morgan fingerprint density at radius 1 is 1.14 bits per heavy atom. The highest BCUT2D eigenvalue weighted by Crippen LogP contribution is 2.27. The lowest BCUT2D eigenvalue weighted by Gasteiger charge is -2.27. The van der Waals surface area contributed by atoms with E-state index in [0.717, 1.165) is 11.3 Å². The van der Waals surface area contributed by atoms with Gasteiger partial charge in [0.25, 0.3) is 0 Å². The lowest BCUT2D eigenvalue weighted by Crippen LogP contribution is -2.37. The number of rotatable bonds is 5. The van der Waals surface area contributed by atoms with Gasteiger partial charge in [0, 0.05) is 36.5 Å². The van der Waals surface area contributed by atoms with Gasteiger partial charge in [0.05, 0.1) is 24.6 Å². The van der Waals surface area contributed by atoms with E-state index in [1.807, 2.05) is 30.3 Å². The Balaban J connectivity index is 1.75. The third kappa shape index (κ3) is 4.33. The highest BCUT2D eigenvalue weighted by molar-refractivity contribution is 6.00. The Hall–Kier alpha value is -3.52. The number of morpholine rings is 1. The van der Waals surface area contributed by atoms with Crippen molar-refractivity contribution < 1.29 is 9.53 Å². The van der Waals surface area contributed by atoms with Crippen LogP contribution in [0.25, 0.3) is 11.3 Å². The molecule has 0 radical (unpaired) electrons. The molecule has 0 spiro atoms. The summed E-state index contributed by atoms with van der Waals surface area (Å²) in [7, 11) is 0. The summed E-state index contributed by atoms with van der Waals surface area (Å²) in [5, 5.41) is 3.28. The summed E-state index contributed by atoms with van der Waals surface area (Å²) < 4.78 is 5.44. The highest BCUT2D eigenvalue weighted by Gasteiger charge is 2.17. The summed E-state index contributed by atoms with van der Waals surface area (Å²) in [5.74, 6) is 1.64. The second kappa shape index (κ2) is 8.24. The van der Waals surface area contributed by atoms with E-state index in [9.17, 15) is 4.79 Å². The molecule has 0 saturated carbocycles. The summed E-state index contributed by atoms with van der Waals surface area (Å²) in [6.45, 7) is 4.24. The number of anilines is 4. The van der Waals surface area contributed by atoms with Crippen LogP contribution in [0.5, 0.6) is 0 Å². The van der Waals surface area contributed by atoms with E-state index in [0.29, 0.717) is 55.1 Å². The molecule has 2 aromatic heterocycles. The zero-order valence-corrected chi connectivity index (χ0v) is 16.1. The van der Waals surface area contributed by atoms with E-state index in [4.69, 9.17) is 15.5 Å². The monoisotopic (exact) mass is 390 g/mol. The van der Waals surface area contributed by atoms with Crippen molar-refractivity contribution in [3.63, 3.8) is 0 Å². The fraction of sp³-hybridized carbons (Fsp3) is 0.238. The molecule has 0 bridgehead atoms. The molecule has 0 amide bonds. The number of nitrogen functional groups attached to an aromatic ring is 1. The minimum atomic E-state index is -0.0153. The first-order chi connectivity index (χ1) is 14.1. The minimum absolute atomic E-state index is 0.0153. The van der Waals surface area contributed by atoms with Crippen molar-refractivity contribution in [2.45, 2.75) is 6.92 Å². The molecule has 0 atom stereocenters. The van der Waals surface area contributed by atoms with Crippen molar-refractivity contribution >= 4 is 29.1 Å². The van der Waals surface area contributed by atoms with Crippen LogP contribution >= 0.6 is 0 Å². The number of ketones is 1. The number of para-hydroxylation sites is 1. The minimum Gasteiger partial charge on any atom is -0.384 e. The van der Waals surface area contributed by atoms with Crippen LogP contribution in [-0.2, 0) is 4.74 Å². The Kier molecular flexibility index (Phi) is 5.35. The number of Topliss-reactive ketones (excluding diaryl/α,β-unsaturated/α-hetero) is 1. The molecule has 3 aromatic rings. The number of nitrogens with one attached hydrogen (secondary N) is 1. The number of nitrogens with two attached hydrogens (primary N) is 1. The van der Waals surface area contributed by atoms with Crippen molar-refractivity contribution in [2.75, 3.05) is 42.3 Å². The summed E-state index contributed by atoms with van der Waals surface area (Å²) >= 11 is 0. The average molecular weight is 390 g/mol. The third-order valence-electron chi connectivity index (χ3n) is 4.66. The van der Waals surface area contributed by atoms with E-state index in [1.165, 1.54) is 0 Å². The molecule has 8 nitrogen and oxygen atoms in total. The van der Waals surface area contributed by atoms with Crippen LogP contribution in [0.2, 0.25) is 0 Å². The van der Waals surface area contributed by atoms with Gasteiger partial charge in [-0.25, -0.2) is 9.97 Å². The molecule has 1 aliphatic heterocycles. The van der Waals surface area contributed by atoms with E-state index in [-0.39, 0.29) is 5.78 Å². The largest absolute Gasteiger partial charge is 0.384 e. The Labute approximate surface area is 168 Å². The fourth-order valence-corrected chi connectivity index (χ4v) is 3.15. The lowest BCUT2D eigenvalue weighted by atomic mass is 10.1. The molecule has 148 valence electrons. The van der Waals surface area contributed by atoms with E-state index >= 15 is 0 Å². The normalized spacial score (nSPS) is 13.9. The Morgan fingerprint density at radius 2 is 1.93 bits per heavy atom. The molecule has 29 heavy (non-hydrogen) atoms.